The van der Waals surface area contributed by atoms with Crippen LogP contribution in [0.5, 0.6) is 17.2 Å². The maximum absolute atomic E-state index is 9.54. The Morgan fingerprint density at radius 3 is 2.38 bits per heavy atom. The van der Waals surface area contributed by atoms with Gasteiger partial charge in [-0.05, 0) is 24.6 Å². The van der Waals surface area contributed by atoms with Crippen molar-refractivity contribution in [1.29, 1.82) is 0 Å². The molecule has 0 saturated carbocycles. The topological polar surface area (TPSA) is 84.9 Å². The molecule has 0 aliphatic carbocycles. The molecule has 0 radical (unpaired) electrons. The van der Waals surface area contributed by atoms with Crippen LogP contribution in [0.15, 0.2) is 12.1 Å². The molecule has 1 unspecified atom stereocenters. The van der Waals surface area contributed by atoms with Crippen molar-refractivity contribution in [3.8, 4) is 17.2 Å². The smallest absolute Gasteiger partial charge is 0.200 e. The standard InChI is InChI=1S/C11H17NO4/c1-11(6-12,16-3)7-4-8(13)10(14)9(5-7)15-2/h4-5,13-14H,6,12H2,1-3H3. The first kappa shape index (κ1) is 12.6. The van der Waals surface area contributed by atoms with Gasteiger partial charge in [0.15, 0.2) is 11.5 Å². The fraction of sp³-hybridized carbons (Fsp3) is 0.455. The Balaban J connectivity index is 3.30. The van der Waals surface area contributed by atoms with Crippen molar-refractivity contribution in [2.75, 3.05) is 20.8 Å². The number of rotatable bonds is 4. The molecule has 0 aliphatic rings. The van der Waals surface area contributed by atoms with E-state index in [4.69, 9.17) is 15.2 Å². The number of hydrogen-bond donors (Lipinski definition) is 3. The third-order valence-corrected chi connectivity index (χ3v) is 2.73. The summed E-state index contributed by atoms with van der Waals surface area (Å²) >= 11 is 0. The van der Waals surface area contributed by atoms with Gasteiger partial charge in [-0.1, -0.05) is 0 Å². The first-order valence-electron chi connectivity index (χ1n) is 4.84. The summed E-state index contributed by atoms with van der Waals surface area (Å²) in [7, 11) is 2.94. The van der Waals surface area contributed by atoms with E-state index in [0.29, 0.717) is 5.56 Å². The number of ether oxygens (including phenoxy) is 2. The Kier molecular flexibility index (Phi) is 3.62. The lowest BCUT2D eigenvalue weighted by atomic mass is 9.95. The normalized spacial score (nSPS) is 14.5. The van der Waals surface area contributed by atoms with Gasteiger partial charge in [0.05, 0.1) is 7.11 Å². The average Bonchev–Trinajstić information content (AvgIpc) is 2.31. The second kappa shape index (κ2) is 4.59. The number of benzene rings is 1. The summed E-state index contributed by atoms with van der Waals surface area (Å²) in [4.78, 5) is 0. The van der Waals surface area contributed by atoms with E-state index in [2.05, 4.69) is 0 Å². The van der Waals surface area contributed by atoms with Crippen LogP contribution in [0.2, 0.25) is 0 Å². The minimum Gasteiger partial charge on any atom is -0.504 e. The van der Waals surface area contributed by atoms with Crippen LogP contribution in [0.3, 0.4) is 0 Å². The van der Waals surface area contributed by atoms with Gasteiger partial charge in [-0.3, -0.25) is 0 Å². The summed E-state index contributed by atoms with van der Waals surface area (Å²) in [6.45, 7) is 2.04. The molecule has 1 aromatic carbocycles. The first-order valence-corrected chi connectivity index (χ1v) is 4.84. The van der Waals surface area contributed by atoms with Crippen LogP contribution in [-0.4, -0.2) is 31.0 Å². The van der Waals surface area contributed by atoms with E-state index in [-0.39, 0.29) is 23.8 Å². The van der Waals surface area contributed by atoms with Gasteiger partial charge in [-0.2, -0.15) is 0 Å². The molecular formula is C11H17NO4. The van der Waals surface area contributed by atoms with Gasteiger partial charge in [0.2, 0.25) is 5.75 Å². The first-order chi connectivity index (χ1) is 7.48. The zero-order valence-electron chi connectivity index (χ0n) is 9.65. The van der Waals surface area contributed by atoms with E-state index in [9.17, 15) is 10.2 Å². The lowest BCUT2D eigenvalue weighted by molar-refractivity contribution is 0.00970. The Hall–Kier alpha value is -1.46. The molecule has 1 aromatic rings. The average molecular weight is 227 g/mol. The number of aromatic hydroxyl groups is 2. The third kappa shape index (κ3) is 2.05. The maximum Gasteiger partial charge on any atom is 0.200 e. The van der Waals surface area contributed by atoms with E-state index >= 15 is 0 Å². The zero-order chi connectivity index (χ0) is 12.3. The van der Waals surface area contributed by atoms with Crippen LogP contribution in [0.1, 0.15) is 12.5 Å². The molecule has 0 amide bonds. The molecule has 4 N–H and O–H groups in total. The number of methoxy groups -OCH3 is 2. The van der Waals surface area contributed by atoms with E-state index in [0.717, 1.165) is 0 Å². The molecule has 1 rings (SSSR count). The van der Waals surface area contributed by atoms with E-state index in [1.165, 1.54) is 20.3 Å². The zero-order valence-corrected chi connectivity index (χ0v) is 9.65. The van der Waals surface area contributed by atoms with Gasteiger partial charge in [0.1, 0.15) is 5.60 Å². The summed E-state index contributed by atoms with van der Waals surface area (Å²) in [6.07, 6.45) is 0. The van der Waals surface area contributed by atoms with Gasteiger partial charge in [-0.15, -0.1) is 0 Å². The Morgan fingerprint density at radius 2 is 1.94 bits per heavy atom. The minimum atomic E-state index is -0.724. The highest BCUT2D eigenvalue weighted by Crippen LogP contribution is 2.39. The Bertz CT molecular complexity index is 374. The fourth-order valence-electron chi connectivity index (χ4n) is 1.37. The van der Waals surface area contributed by atoms with Crippen molar-refractivity contribution in [3.05, 3.63) is 17.7 Å². The lowest BCUT2D eigenvalue weighted by Gasteiger charge is -2.27. The summed E-state index contributed by atoms with van der Waals surface area (Å²) in [5.41, 5.74) is 5.54. The Labute approximate surface area is 94.4 Å². The van der Waals surface area contributed by atoms with Gasteiger partial charge in [0, 0.05) is 13.7 Å². The molecule has 5 nitrogen and oxygen atoms in total. The predicted molar refractivity (Wildman–Crippen MR) is 59.7 cm³/mol. The number of phenols is 2. The van der Waals surface area contributed by atoms with E-state index in [1.54, 1.807) is 13.0 Å². The molecule has 0 aliphatic heterocycles. The van der Waals surface area contributed by atoms with Crippen molar-refractivity contribution < 1.29 is 19.7 Å². The van der Waals surface area contributed by atoms with E-state index in [1.807, 2.05) is 0 Å². The molecule has 0 saturated heterocycles. The van der Waals surface area contributed by atoms with Gasteiger partial charge >= 0.3 is 0 Å². The van der Waals surface area contributed by atoms with Crippen LogP contribution in [0, 0.1) is 0 Å². The highest BCUT2D eigenvalue weighted by molar-refractivity contribution is 5.53. The van der Waals surface area contributed by atoms with Crippen LogP contribution in [-0.2, 0) is 10.3 Å². The number of nitrogens with two attached hydrogens (primary N) is 1. The van der Waals surface area contributed by atoms with Crippen LogP contribution in [0.4, 0.5) is 0 Å². The lowest BCUT2D eigenvalue weighted by Crippen LogP contribution is -2.33. The molecule has 0 bridgehead atoms. The quantitative estimate of drug-likeness (QED) is 0.666. The van der Waals surface area contributed by atoms with Gasteiger partial charge in [-0.25, -0.2) is 0 Å². The summed E-state index contributed by atoms with van der Waals surface area (Å²) in [6, 6.07) is 3.00. The van der Waals surface area contributed by atoms with E-state index < -0.39 is 5.60 Å². The second-order valence-corrected chi connectivity index (χ2v) is 3.69. The molecule has 0 spiro atoms. The predicted octanol–water partition coefficient (Wildman–Crippen LogP) is 0.927. The van der Waals surface area contributed by atoms with Crippen molar-refractivity contribution >= 4 is 0 Å². The minimum absolute atomic E-state index is 0.187. The summed E-state index contributed by atoms with van der Waals surface area (Å²) in [5.74, 6) is -0.362. The van der Waals surface area contributed by atoms with Gasteiger partial charge in [0.25, 0.3) is 0 Å². The Morgan fingerprint density at radius 1 is 1.31 bits per heavy atom. The monoisotopic (exact) mass is 227 g/mol. The molecule has 0 heterocycles. The molecule has 90 valence electrons. The third-order valence-electron chi connectivity index (χ3n) is 2.73. The van der Waals surface area contributed by atoms with Crippen molar-refractivity contribution in [3.63, 3.8) is 0 Å². The molecular weight excluding hydrogens is 210 g/mol. The largest absolute Gasteiger partial charge is 0.504 e. The molecule has 0 aromatic heterocycles. The summed E-state index contributed by atoms with van der Waals surface area (Å²) in [5, 5.41) is 19.0. The molecule has 5 heteroatoms. The number of hydrogen-bond acceptors (Lipinski definition) is 5. The number of phenolic OH excluding ortho intramolecular Hbond substituents is 2. The molecule has 1 atom stereocenters. The van der Waals surface area contributed by atoms with Crippen molar-refractivity contribution in [2.45, 2.75) is 12.5 Å². The second-order valence-electron chi connectivity index (χ2n) is 3.69. The van der Waals surface area contributed by atoms with Crippen LogP contribution >= 0.6 is 0 Å². The highest BCUT2D eigenvalue weighted by atomic mass is 16.5. The molecule has 16 heavy (non-hydrogen) atoms. The highest BCUT2D eigenvalue weighted by Gasteiger charge is 2.27. The fourth-order valence-corrected chi connectivity index (χ4v) is 1.37. The van der Waals surface area contributed by atoms with Crippen LogP contribution in [0.25, 0.3) is 0 Å². The van der Waals surface area contributed by atoms with Crippen LogP contribution < -0.4 is 10.5 Å². The van der Waals surface area contributed by atoms with Crippen molar-refractivity contribution in [1.82, 2.24) is 0 Å². The van der Waals surface area contributed by atoms with Crippen molar-refractivity contribution in [2.24, 2.45) is 5.73 Å². The van der Waals surface area contributed by atoms with Gasteiger partial charge < -0.3 is 25.4 Å². The SMILES string of the molecule is COc1cc(C(C)(CN)OC)cc(O)c1O. The molecule has 0 fully saturated rings. The maximum atomic E-state index is 9.54. The summed E-state index contributed by atoms with van der Waals surface area (Å²) < 4.78 is 10.2.